The number of pyridine rings is 1. The number of ether oxygens (including phenoxy) is 1. The van der Waals surface area contributed by atoms with E-state index in [1.165, 1.54) is 6.20 Å². The Kier molecular flexibility index (Phi) is 6.77. The van der Waals surface area contributed by atoms with Crippen LogP contribution in [0.5, 0.6) is 5.75 Å². The fourth-order valence-corrected chi connectivity index (χ4v) is 4.27. The van der Waals surface area contributed by atoms with Gasteiger partial charge in [-0.25, -0.2) is 0 Å². The summed E-state index contributed by atoms with van der Waals surface area (Å²) in [6, 6.07) is 21.2. The third-order valence-corrected chi connectivity index (χ3v) is 6.25. The van der Waals surface area contributed by atoms with Gasteiger partial charge in [-0.15, -0.1) is 0 Å². The maximum Gasteiger partial charge on any atom is 0.261 e. The van der Waals surface area contributed by atoms with Crippen LogP contribution in [0.3, 0.4) is 0 Å². The molecule has 0 saturated heterocycles. The zero-order valence-electron chi connectivity index (χ0n) is 21.9. The van der Waals surface area contributed by atoms with Gasteiger partial charge in [-0.05, 0) is 45.7 Å². The molecule has 0 aliphatic rings. The van der Waals surface area contributed by atoms with Crippen LogP contribution in [0.25, 0.3) is 10.9 Å². The Hall–Kier alpha value is -3.86. The van der Waals surface area contributed by atoms with Crippen molar-refractivity contribution in [2.45, 2.75) is 59.0 Å². The number of anilines is 1. The molecule has 4 rings (SSSR count). The van der Waals surface area contributed by atoms with Crippen LogP contribution < -0.4 is 15.5 Å². The Morgan fingerprint density at radius 1 is 0.861 bits per heavy atom. The van der Waals surface area contributed by atoms with Gasteiger partial charge in [0.2, 0.25) is 5.43 Å². The van der Waals surface area contributed by atoms with E-state index in [1.54, 1.807) is 12.1 Å². The molecule has 0 unspecified atom stereocenters. The number of aromatic nitrogens is 1. The highest BCUT2D eigenvalue weighted by atomic mass is 16.5. The van der Waals surface area contributed by atoms with Crippen LogP contribution in [-0.2, 0) is 17.4 Å². The highest BCUT2D eigenvalue weighted by Crippen LogP contribution is 2.40. The van der Waals surface area contributed by atoms with Crippen molar-refractivity contribution in [3.63, 3.8) is 0 Å². The monoisotopic (exact) mass is 482 g/mol. The number of aromatic amines is 1. The molecule has 0 radical (unpaired) electrons. The van der Waals surface area contributed by atoms with Crippen LogP contribution in [0, 0.1) is 0 Å². The maximum absolute atomic E-state index is 13.4. The van der Waals surface area contributed by atoms with Crippen LogP contribution >= 0.6 is 0 Å². The first-order valence-corrected chi connectivity index (χ1v) is 12.2. The summed E-state index contributed by atoms with van der Waals surface area (Å²) in [7, 11) is 0. The van der Waals surface area contributed by atoms with Crippen molar-refractivity contribution >= 4 is 22.5 Å². The number of carbonyl (C=O) groups excluding carboxylic acids is 1. The Balaban J connectivity index is 1.77. The highest BCUT2D eigenvalue weighted by Gasteiger charge is 2.27. The van der Waals surface area contributed by atoms with Gasteiger partial charge in [0.05, 0.1) is 0 Å². The number of benzene rings is 3. The first-order chi connectivity index (χ1) is 16.9. The Labute approximate surface area is 212 Å². The molecule has 5 nitrogen and oxygen atoms in total. The summed E-state index contributed by atoms with van der Waals surface area (Å²) in [6.45, 7) is 13.2. The quantitative estimate of drug-likeness (QED) is 0.323. The molecular weight excluding hydrogens is 448 g/mol. The second-order valence-electron chi connectivity index (χ2n) is 11.2. The van der Waals surface area contributed by atoms with Gasteiger partial charge >= 0.3 is 0 Å². The van der Waals surface area contributed by atoms with E-state index in [4.69, 9.17) is 4.74 Å². The van der Waals surface area contributed by atoms with Gasteiger partial charge in [0.25, 0.3) is 5.91 Å². The molecule has 0 fully saturated rings. The molecule has 0 saturated carbocycles. The molecule has 0 aliphatic heterocycles. The Morgan fingerprint density at radius 2 is 1.50 bits per heavy atom. The second kappa shape index (κ2) is 9.65. The minimum absolute atomic E-state index is 0.0696. The van der Waals surface area contributed by atoms with Crippen molar-refractivity contribution < 1.29 is 9.53 Å². The van der Waals surface area contributed by atoms with Gasteiger partial charge in [-0.3, -0.25) is 9.59 Å². The highest BCUT2D eigenvalue weighted by molar-refractivity contribution is 6.06. The molecule has 1 aromatic heterocycles. The van der Waals surface area contributed by atoms with Gasteiger partial charge in [-0.2, -0.15) is 0 Å². The van der Waals surface area contributed by atoms with E-state index in [1.807, 2.05) is 48.5 Å². The fourth-order valence-electron chi connectivity index (χ4n) is 4.27. The number of hydrogen-bond acceptors (Lipinski definition) is 3. The van der Waals surface area contributed by atoms with Gasteiger partial charge in [0, 0.05) is 28.9 Å². The van der Waals surface area contributed by atoms with Gasteiger partial charge in [0.1, 0.15) is 17.9 Å². The molecule has 0 spiro atoms. The largest absolute Gasteiger partial charge is 0.489 e. The fraction of sp³-hybridized carbons (Fsp3) is 0.290. The molecule has 1 amide bonds. The predicted octanol–water partition coefficient (Wildman–Crippen LogP) is 6.95. The average molecular weight is 483 g/mol. The summed E-state index contributed by atoms with van der Waals surface area (Å²) in [4.78, 5) is 29.5. The SMILES string of the molecule is CC(C)(C)c1cc(C(C)(C)C)c(OCc2ccccc2)cc1NC(=O)c1c[nH]c2ccccc2c1=O. The number of para-hydroxylation sites is 1. The molecule has 0 bridgehead atoms. The molecule has 0 aliphatic carbocycles. The summed E-state index contributed by atoms with van der Waals surface area (Å²) in [6.07, 6.45) is 1.48. The van der Waals surface area contributed by atoms with E-state index in [9.17, 15) is 9.59 Å². The Bertz CT molecular complexity index is 1460. The van der Waals surface area contributed by atoms with Crippen molar-refractivity contribution in [2.24, 2.45) is 0 Å². The van der Waals surface area contributed by atoms with Crippen molar-refractivity contribution in [3.05, 3.63) is 105 Å². The lowest BCUT2D eigenvalue weighted by Gasteiger charge is -2.30. The van der Waals surface area contributed by atoms with E-state index in [-0.39, 0.29) is 21.8 Å². The smallest absolute Gasteiger partial charge is 0.261 e. The van der Waals surface area contributed by atoms with E-state index in [0.717, 1.165) is 16.7 Å². The molecule has 2 N–H and O–H groups in total. The van der Waals surface area contributed by atoms with Crippen molar-refractivity contribution in [1.29, 1.82) is 0 Å². The third kappa shape index (κ3) is 5.35. The summed E-state index contributed by atoms with van der Waals surface area (Å²) in [5, 5.41) is 3.50. The number of hydrogen-bond donors (Lipinski definition) is 2. The number of fused-ring (bicyclic) bond motifs is 1. The van der Waals surface area contributed by atoms with Crippen LogP contribution in [0.15, 0.2) is 77.7 Å². The number of carbonyl (C=O) groups is 1. The van der Waals surface area contributed by atoms with E-state index >= 15 is 0 Å². The molecule has 36 heavy (non-hydrogen) atoms. The second-order valence-corrected chi connectivity index (χ2v) is 11.2. The molecular formula is C31H34N2O3. The number of nitrogens with one attached hydrogen (secondary N) is 2. The molecule has 3 aromatic carbocycles. The van der Waals surface area contributed by atoms with E-state index in [0.29, 0.717) is 28.9 Å². The minimum Gasteiger partial charge on any atom is -0.489 e. The van der Waals surface area contributed by atoms with E-state index < -0.39 is 5.91 Å². The lowest BCUT2D eigenvalue weighted by molar-refractivity contribution is 0.102. The molecule has 5 heteroatoms. The first-order valence-electron chi connectivity index (χ1n) is 12.2. The maximum atomic E-state index is 13.4. The first kappa shape index (κ1) is 25.2. The van der Waals surface area contributed by atoms with Crippen LogP contribution in [-0.4, -0.2) is 10.9 Å². The van der Waals surface area contributed by atoms with Crippen molar-refractivity contribution in [3.8, 4) is 5.75 Å². The van der Waals surface area contributed by atoms with Gasteiger partial charge in [-0.1, -0.05) is 84.0 Å². The predicted molar refractivity (Wildman–Crippen MR) is 147 cm³/mol. The molecule has 1 heterocycles. The lowest BCUT2D eigenvalue weighted by Crippen LogP contribution is -2.25. The summed E-state index contributed by atoms with van der Waals surface area (Å²) < 4.78 is 6.31. The van der Waals surface area contributed by atoms with Crippen LogP contribution in [0.4, 0.5) is 5.69 Å². The van der Waals surface area contributed by atoms with Crippen molar-refractivity contribution in [1.82, 2.24) is 4.98 Å². The van der Waals surface area contributed by atoms with Crippen LogP contribution in [0.2, 0.25) is 0 Å². The zero-order chi connectivity index (χ0) is 26.1. The number of rotatable bonds is 5. The normalized spacial score (nSPS) is 11.9. The van der Waals surface area contributed by atoms with Gasteiger partial charge in [0.15, 0.2) is 0 Å². The lowest BCUT2D eigenvalue weighted by atomic mass is 9.79. The topological polar surface area (TPSA) is 71.2 Å². The standard InChI is InChI=1S/C31H34N2O3/c1-30(2,3)23-16-24(31(4,5)6)27(36-19-20-12-8-7-9-13-20)17-26(23)33-29(35)22-18-32-25-15-11-10-14-21(25)28(22)34/h7-18H,19H2,1-6H3,(H,32,34)(H,33,35). The summed E-state index contributed by atoms with van der Waals surface area (Å²) in [5.41, 5.74) is 3.77. The van der Waals surface area contributed by atoms with E-state index in [2.05, 4.69) is 57.9 Å². The zero-order valence-corrected chi connectivity index (χ0v) is 21.9. The Morgan fingerprint density at radius 3 is 2.17 bits per heavy atom. The molecule has 186 valence electrons. The average Bonchev–Trinajstić information content (AvgIpc) is 2.82. The van der Waals surface area contributed by atoms with Crippen molar-refractivity contribution in [2.75, 3.05) is 5.32 Å². The summed E-state index contributed by atoms with van der Waals surface area (Å²) >= 11 is 0. The molecule has 4 aromatic rings. The van der Waals surface area contributed by atoms with Gasteiger partial charge < -0.3 is 15.0 Å². The molecule has 0 atom stereocenters. The third-order valence-electron chi connectivity index (χ3n) is 6.25. The summed E-state index contributed by atoms with van der Waals surface area (Å²) in [5.74, 6) is 0.257. The minimum atomic E-state index is -0.454. The number of amides is 1. The number of H-pyrrole nitrogens is 1. The van der Waals surface area contributed by atoms with Crippen LogP contribution in [0.1, 0.15) is 68.6 Å².